The van der Waals surface area contributed by atoms with Gasteiger partial charge in [0.05, 0.1) is 22.8 Å². The predicted molar refractivity (Wildman–Crippen MR) is 121 cm³/mol. The number of aryl methyl sites for hydroxylation is 1. The van der Waals surface area contributed by atoms with Crippen molar-refractivity contribution in [2.24, 2.45) is 7.05 Å². The largest absolute Gasteiger partial charge is 0.339 e. The topological polar surface area (TPSA) is 112 Å². The number of tetrazole rings is 1. The minimum atomic E-state index is -0.373. The summed E-state index contributed by atoms with van der Waals surface area (Å²) in [5.74, 6) is -0.455. The molecule has 0 aliphatic heterocycles. The van der Waals surface area contributed by atoms with E-state index in [2.05, 4.69) is 32.0 Å². The van der Waals surface area contributed by atoms with Crippen LogP contribution in [0.2, 0.25) is 0 Å². The number of hydrogen-bond donors (Lipinski definition) is 2. The Morgan fingerprint density at radius 2 is 1.88 bits per heavy atom. The first-order valence-electron chi connectivity index (χ1n) is 9.99. The highest BCUT2D eigenvalue weighted by Crippen LogP contribution is 2.33. The van der Waals surface area contributed by atoms with Crippen LogP contribution in [0, 0.1) is 17.1 Å². The lowest BCUT2D eigenvalue weighted by Crippen LogP contribution is -2.16. The zero-order valence-electron chi connectivity index (χ0n) is 17.4. The molecule has 0 spiro atoms. The number of nitrogens with one attached hydrogen (secondary N) is 2. The van der Waals surface area contributed by atoms with E-state index in [0.717, 1.165) is 10.9 Å². The van der Waals surface area contributed by atoms with Gasteiger partial charge in [-0.15, -0.1) is 10.2 Å². The van der Waals surface area contributed by atoms with E-state index in [1.54, 1.807) is 54.1 Å². The number of benzene rings is 3. The van der Waals surface area contributed by atoms with E-state index in [1.807, 2.05) is 18.2 Å². The molecule has 0 saturated heterocycles. The van der Waals surface area contributed by atoms with Gasteiger partial charge >= 0.3 is 0 Å². The fourth-order valence-electron chi connectivity index (χ4n) is 3.90. The van der Waals surface area contributed by atoms with Gasteiger partial charge in [0.2, 0.25) is 5.82 Å². The van der Waals surface area contributed by atoms with E-state index in [9.17, 15) is 14.4 Å². The Morgan fingerprint density at radius 1 is 1.06 bits per heavy atom. The van der Waals surface area contributed by atoms with Crippen LogP contribution in [-0.2, 0) is 7.05 Å². The van der Waals surface area contributed by atoms with Crippen molar-refractivity contribution in [2.75, 3.05) is 5.32 Å². The summed E-state index contributed by atoms with van der Waals surface area (Å²) in [7, 11) is 1.76. The van der Waals surface area contributed by atoms with Crippen molar-refractivity contribution < 1.29 is 9.18 Å². The standard InChI is InChI=1S/C24H16FN7O/c1-32-21(12-15-5-4-7-17(22(15)32)16-6-2-3-8-19(16)25)24(33)27-20-10-9-14(13-26)11-18(20)23-28-30-31-29-23/h2-12H,1H3,(H,27,33)(H,28,29,30,31). The summed E-state index contributed by atoms with van der Waals surface area (Å²) in [6.45, 7) is 0. The van der Waals surface area contributed by atoms with Crippen molar-refractivity contribution >= 4 is 22.5 Å². The monoisotopic (exact) mass is 437 g/mol. The lowest BCUT2D eigenvalue weighted by molar-refractivity contribution is 0.102. The molecule has 0 aliphatic carbocycles. The summed E-state index contributed by atoms with van der Waals surface area (Å²) in [4.78, 5) is 13.3. The molecule has 5 rings (SSSR count). The molecule has 0 unspecified atom stereocenters. The Kier molecular flexibility index (Phi) is 4.88. The molecule has 9 heteroatoms. The van der Waals surface area contributed by atoms with Gasteiger partial charge in [0, 0.05) is 29.1 Å². The third-order valence-electron chi connectivity index (χ3n) is 5.44. The van der Waals surface area contributed by atoms with Gasteiger partial charge in [-0.05, 0) is 35.5 Å². The molecule has 0 saturated carbocycles. The van der Waals surface area contributed by atoms with Crippen molar-refractivity contribution in [3.05, 3.63) is 83.8 Å². The number of aromatic amines is 1. The fraction of sp³-hybridized carbons (Fsp3) is 0.0417. The Hall–Kier alpha value is -4.84. The number of hydrogen-bond acceptors (Lipinski definition) is 5. The number of carbonyl (C=O) groups excluding carboxylic acids is 1. The number of amides is 1. The molecule has 3 aromatic carbocycles. The molecular formula is C24H16FN7O. The second kappa shape index (κ2) is 8.01. The SMILES string of the molecule is Cn1c(C(=O)Nc2ccc(C#N)cc2-c2nn[nH]n2)cc2cccc(-c3ccccc3F)c21. The van der Waals surface area contributed by atoms with Gasteiger partial charge in [-0.1, -0.05) is 36.4 Å². The number of rotatable bonds is 4. The number of nitriles is 1. The molecule has 0 fully saturated rings. The fourth-order valence-corrected chi connectivity index (χ4v) is 3.90. The molecule has 0 aliphatic rings. The minimum absolute atomic E-state index is 0.251. The number of halogens is 1. The number of fused-ring (bicyclic) bond motifs is 1. The number of para-hydroxylation sites is 1. The first-order chi connectivity index (χ1) is 16.1. The number of aromatic nitrogens is 5. The molecule has 8 nitrogen and oxygen atoms in total. The third kappa shape index (κ3) is 3.49. The van der Waals surface area contributed by atoms with E-state index in [-0.39, 0.29) is 17.5 Å². The molecule has 2 aromatic heterocycles. The van der Waals surface area contributed by atoms with Crippen LogP contribution < -0.4 is 5.32 Å². The van der Waals surface area contributed by atoms with Crippen molar-refractivity contribution in [1.29, 1.82) is 5.26 Å². The Balaban J connectivity index is 1.57. The van der Waals surface area contributed by atoms with E-state index in [0.29, 0.717) is 33.6 Å². The number of nitrogens with zero attached hydrogens (tertiary/aromatic N) is 5. The zero-order chi connectivity index (χ0) is 22.9. The first-order valence-corrected chi connectivity index (χ1v) is 9.99. The third-order valence-corrected chi connectivity index (χ3v) is 5.44. The maximum Gasteiger partial charge on any atom is 0.272 e. The van der Waals surface area contributed by atoms with Gasteiger partial charge in [-0.2, -0.15) is 10.5 Å². The number of H-pyrrole nitrogens is 1. The predicted octanol–water partition coefficient (Wildman–Crippen LogP) is 4.29. The highest BCUT2D eigenvalue weighted by atomic mass is 19.1. The second-order valence-electron chi connectivity index (χ2n) is 7.37. The van der Waals surface area contributed by atoms with E-state index in [1.165, 1.54) is 6.07 Å². The van der Waals surface area contributed by atoms with Crippen molar-refractivity contribution in [2.45, 2.75) is 0 Å². The van der Waals surface area contributed by atoms with Gasteiger partial charge in [0.1, 0.15) is 11.5 Å². The maximum atomic E-state index is 14.5. The second-order valence-corrected chi connectivity index (χ2v) is 7.37. The summed E-state index contributed by atoms with van der Waals surface area (Å²) in [5, 5.41) is 26.8. The molecule has 2 heterocycles. The van der Waals surface area contributed by atoms with Crippen LogP contribution in [0.3, 0.4) is 0 Å². The molecule has 0 bridgehead atoms. The maximum absolute atomic E-state index is 14.5. The minimum Gasteiger partial charge on any atom is -0.339 e. The van der Waals surface area contributed by atoms with Crippen LogP contribution in [-0.4, -0.2) is 31.1 Å². The highest BCUT2D eigenvalue weighted by molar-refractivity contribution is 6.09. The Morgan fingerprint density at radius 3 is 2.64 bits per heavy atom. The summed E-state index contributed by atoms with van der Waals surface area (Å²) >= 11 is 0. The van der Waals surface area contributed by atoms with Crippen molar-refractivity contribution in [3.63, 3.8) is 0 Å². The highest BCUT2D eigenvalue weighted by Gasteiger charge is 2.19. The molecule has 1 amide bonds. The average Bonchev–Trinajstić information content (AvgIpc) is 3.48. The van der Waals surface area contributed by atoms with Crippen LogP contribution in [0.1, 0.15) is 16.1 Å². The van der Waals surface area contributed by atoms with E-state index in [4.69, 9.17) is 0 Å². The summed E-state index contributed by atoms with van der Waals surface area (Å²) in [5.41, 5.74) is 3.57. The van der Waals surface area contributed by atoms with Crippen LogP contribution >= 0.6 is 0 Å². The van der Waals surface area contributed by atoms with Crippen molar-refractivity contribution in [3.8, 4) is 28.6 Å². The Bertz CT molecular complexity index is 1550. The molecule has 160 valence electrons. The van der Waals surface area contributed by atoms with Gasteiger partial charge in [0.25, 0.3) is 5.91 Å². The van der Waals surface area contributed by atoms with Gasteiger partial charge < -0.3 is 9.88 Å². The quantitative estimate of drug-likeness (QED) is 0.436. The molecule has 0 radical (unpaired) electrons. The molecule has 5 aromatic rings. The molecule has 33 heavy (non-hydrogen) atoms. The molecular weight excluding hydrogens is 421 g/mol. The average molecular weight is 437 g/mol. The van der Waals surface area contributed by atoms with E-state index < -0.39 is 0 Å². The zero-order valence-corrected chi connectivity index (χ0v) is 17.4. The normalized spacial score (nSPS) is 10.8. The smallest absolute Gasteiger partial charge is 0.272 e. The Labute approximate surface area is 187 Å². The molecule has 2 N–H and O–H groups in total. The lowest BCUT2D eigenvalue weighted by atomic mass is 10.0. The van der Waals surface area contributed by atoms with Gasteiger partial charge in [-0.25, -0.2) is 4.39 Å². The van der Waals surface area contributed by atoms with Crippen molar-refractivity contribution in [1.82, 2.24) is 25.2 Å². The first kappa shape index (κ1) is 20.1. The summed E-state index contributed by atoms with van der Waals surface area (Å²) in [6, 6.07) is 20.7. The number of carbonyl (C=O) groups is 1. The lowest BCUT2D eigenvalue weighted by Gasteiger charge is -2.11. The van der Waals surface area contributed by atoms with E-state index >= 15 is 0 Å². The van der Waals surface area contributed by atoms with Crippen LogP contribution in [0.5, 0.6) is 0 Å². The summed E-state index contributed by atoms with van der Waals surface area (Å²) in [6.07, 6.45) is 0. The molecule has 0 atom stereocenters. The summed E-state index contributed by atoms with van der Waals surface area (Å²) < 4.78 is 16.2. The van der Waals surface area contributed by atoms with Crippen LogP contribution in [0.15, 0.2) is 66.7 Å². The van der Waals surface area contributed by atoms with Crippen LogP contribution in [0.25, 0.3) is 33.4 Å². The van der Waals surface area contributed by atoms with Crippen LogP contribution in [0.4, 0.5) is 10.1 Å². The van der Waals surface area contributed by atoms with Gasteiger partial charge in [-0.3, -0.25) is 4.79 Å². The van der Waals surface area contributed by atoms with Gasteiger partial charge in [0.15, 0.2) is 0 Å². The number of anilines is 1.